The average Bonchev–Trinajstić information content (AvgIpc) is 3.27. The Kier molecular flexibility index (Phi) is 5.31. The van der Waals surface area contributed by atoms with E-state index in [1.54, 1.807) is 13.2 Å². The van der Waals surface area contributed by atoms with Crippen LogP contribution in [0.1, 0.15) is 5.56 Å². The van der Waals surface area contributed by atoms with Crippen LogP contribution in [0.5, 0.6) is 0 Å². The van der Waals surface area contributed by atoms with Crippen molar-refractivity contribution in [1.29, 1.82) is 0 Å². The summed E-state index contributed by atoms with van der Waals surface area (Å²) in [7, 11) is 1.77. The summed E-state index contributed by atoms with van der Waals surface area (Å²) < 4.78 is 0. The van der Waals surface area contributed by atoms with Gasteiger partial charge in [0.25, 0.3) is 0 Å². The van der Waals surface area contributed by atoms with E-state index in [4.69, 9.17) is 9.97 Å². The third-order valence-electron chi connectivity index (χ3n) is 5.27. The molecular formula is C25H22N6O. The molecule has 0 aliphatic carbocycles. The quantitative estimate of drug-likeness (QED) is 0.363. The van der Waals surface area contributed by atoms with Gasteiger partial charge in [0.05, 0.1) is 23.8 Å². The fourth-order valence-electron chi connectivity index (χ4n) is 3.77. The van der Waals surface area contributed by atoms with Gasteiger partial charge in [0.2, 0.25) is 0 Å². The molecule has 2 aromatic heterocycles. The number of aromatic amines is 1. The number of hydrogen-bond acceptors (Lipinski definition) is 6. The lowest BCUT2D eigenvalue weighted by Gasteiger charge is -2.12. The SMILES string of the molecule is CNCC(=O)Cc1cccc(-c2nc(Nc3ccc4[nH]ncc4c3)c3ccccc3n2)c1. The second-order valence-corrected chi connectivity index (χ2v) is 7.66. The van der Waals surface area contributed by atoms with Crippen LogP contribution in [0.25, 0.3) is 33.2 Å². The monoisotopic (exact) mass is 422 g/mol. The molecule has 5 aromatic rings. The number of ketones is 1. The summed E-state index contributed by atoms with van der Waals surface area (Å²) >= 11 is 0. The van der Waals surface area contributed by atoms with E-state index in [1.165, 1.54) is 0 Å². The number of para-hydroxylation sites is 1. The van der Waals surface area contributed by atoms with Gasteiger partial charge in [0, 0.05) is 28.4 Å². The van der Waals surface area contributed by atoms with E-state index in [2.05, 4.69) is 20.8 Å². The van der Waals surface area contributed by atoms with E-state index in [0.29, 0.717) is 18.8 Å². The lowest BCUT2D eigenvalue weighted by atomic mass is 10.0. The number of Topliss-reactive ketones (excluding diaryl/α,β-unsaturated/α-hetero) is 1. The highest BCUT2D eigenvalue weighted by Crippen LogP contribution is 2.28. The van der Waals surface area contributed by atoms with Gasteiger partial charge in [-0.1, -0.05) is 30.3 Å². The number of likely N-dealkylation sites (N-methyl/N-ethyl adjacent to an activating group) is 1. The molecule has 0 spiro atoms. The van der Waals surface area contributed by atoms with Crippen LogP contribution in [-0.2, 0) is 11.2 Å². The van der Waals surface area contributed by atoms with Crippen molar-refractivity contribution in [2.45, 2.75) is 6.42 Å². The van der Waals surface area contributed by atoms with Crippen LogP contribution in [0.2, 0.25) is 0 Å². The lowest BCUT2D eigenvalue weighted by molar-refractivity contribution is -0.117. The number of carbonyl (C=O) groups excluding carboxylic acids is 1. The predicted molar refractivity (Wildman–Crippen MR) is 127 cm³/mol. The van der Waals surface area contributed by atoms with E-state index in [1.807, 2.05) is 66.7 Å². The van der Waals surface area contributed by atoms with Crippen LogP contribution in [0.4, 0.5) is 11.5 Å². The third kappa shape index (κ3) is 4.06. The number of fused-ring (bicyclic) bond motifs is 2. The van der Waals surface area contributed by atoms with E-state index in [9.17, 15) is 4.79 Å². The van der Waals surface area contributed by atoms with Crippen molar-refractivity contribution < 1.29 is 4.79 Å². The van der Waals surface area contributed by atoms with Crippen molar-refractivity contribution in [3.8, 4) is 11.4 Å². The molecule has 0 atom stereocenters. The standard InChI is InChI=1S/C25H22N6O/c1-26-15-20(32)12-16-5-4-6-17(11-16)24-29-23-8-3-2-7-21(23)25(30-24)28-19-9-10-22-18(13-19)14-27-31-22/h2-11,13-14,26H,12,15H2,1H3,(H,27,31)(H,28,29,30). The largest absolute Gasteiger partial charge is 0.340 e. The molecule has 158 valence electrons. The first kappa shape index (κ1) is 19.8. The van der Waals surface area contributed by atoms with Crippen LogP contribution in [-0.4, -0.2) is 39.5 Å². The van der Waals surface area contributed by atoms with Gasteiger partial charge in [0.15, 0.2) is 11.6 Å². The molecule has 7 nitrogen and oxygen atoms in total. The molecular weight excluding hydrogens is 400 g/mol. The molecule has 0 fully saturated rings. The number of nitrogens with zero attached hydrogens (tertiary/aromatic N) is 3. The van der Waals surface area contributed by atoms with Crippen molar-refractivity contribution in [1.82, 2.24) is 25.5 Å². The highest BCUT2D eigenvalue weighted by Gasteiger charge is 2.11. The van der Waals surface area contributed by atoms with Crippen molar-refractivity contribution in [3.63, 3.8) is 0 Å². The van der Waals surface area contributed by atoms with Crippen molar-refractivity contribution in [3.05, 3.63) is 78.5 Å². The van der Waals surface area contributed by atoms with E-state index in [-0.39, 0.29) is 5.78 Å². The molecule has 5 rings (SSSR count). The smallest absolute Gasteiger partial charge is 0.162 e. The molecule has 0 unspecified atom stereocenters. The van der Waals surface area contributed by atoms with Gasteiger partial charge in [-0.15, -0.1) is 0 Å². The minimum absolute atomic E-state index is 0.140. The number of anilines is 2. The van der Waals surface area contributed by atoms with Crippen molar-refractivity contribution in [2.75, 3.05) is 18.9 Å². The van der Waals surface area contributed by atoms with Crippen LogP contribution in [0.15, 0.2) is 72.9 Å². The summed E-state index contributed by atoms with van der Waals surface area (Å²) in [4.78, 5) is 21.7. The normalized spacial score (nSPS) is 11.2. The van der Waals surface area contributed by atoms with Crippen molar-refractivity contribution >= 4 is 39.1 Å². The maximum Gasteiger partial charge on any atom is 0.162 e. The Morgan fingerprint density at radius 1 is 1.00 bits per heavy atom. The summed E-state index contributed by atoms with van der Waals surface area (Å²) in [5.74, 6) is 1.48. The van der Waals surface area contributed by atoms with Crippen LogP contribution in [0.3, 0.4) is 0 Å². The molecule has 0 aliphatic rings. The van der Waals surface area contributed by atoms with E-state index in [0.717, 1.165) is 44.4 Å². The Morgan fingerprint density at radius 3 is 2.81 bits per heavy atom. The van der Waals surface area contributed by atoms with Gasteiger partial charge < -0.3 is 10.6 Å². The number of nitrogens with one attached hydrogen (secondary N) is 3. The zero-order chi connectivity index (χ0) is 21.9. The highest BCUT2D eigenvalue weighted by atomic mass is 16.1. The van der Waals surface area contributed by atoms with E-state index < -0.39 is 0 Å². The number of benzene rings is 3. The Balaban J connectivity index is 1.54. The fourth-order valence-corrected chi connectivity index (χ4v) is 3.77. The maximum absolute atomic E-state index is 12.1. The summed E-state index contributed by atoms with van der Waals surface area (Å²) in [5.41, 5.74) is 4.56. The van der Waals surface area contributed by atoms with Gasteiger partial charge in [0.1, 0.15) is 5.82 Å². The topological polar surface area (TPSA) is 95.6 Å². The second-order valence-electron chi connectivity index (χ2n) is 7.66. The third-order valence-corrected chi connectivity index (χ3v) is 5.27. The van der Waals surface area contributed by atoms with Gasteiger partial charge in [-0.05, 0) is 49.0 Å². The van der Waals surface area contributed by atoms with Crippen LogP contribution < -0.4 is 10.6 Å². The minimum Gasteiger partial charge on any atom is -0.340 e. The van der Waals surface area contributed by atoms with Crippen LogP contribution >= 0.6 is 0 Å². The first-order valence-corrected chi connectivity index (χ1v) is 10.4. The highest BCUT2D eigenvalue weighted by molar-refractivity contribution is 5.93. The Labute approximate surface area is 184 Å². The van der Waals surface area contributed by atoms with Gasteiger partial charge in [-0.2, -0.15) is 5.10 Å². The second kappa shape index (κ2) is 8.56. The maximum atomic E-state index is 12.1. The number of rotatable bonds is 7. The van der Waals surface area contributed by atoms with Crippen molar-refractivity contribution in [2.24, 2.45) is 0 Å². The molecule has 3 N–H and O–H groups in total. The van der Waals surface area contributed by atoms with Gasteiger partial charge in [-0.3, -0.25) is 9.89 Å². The molecule has 32 heavy (non-hydrogen) atoms. The Morgan fingerprint density at radius 2 is 1.91 bits per heavy atom. The molecule has 0 amide bonds. The molecule has 0 aliphatic heterocycles. The number of H-pyrrole nitrogens is 1. The molecule has 7 heteroatoms. The number of aromatic nitrogens is 4. The first-order chi connectivity index (χ1) is 15.7. The molecule has 0 radical (unpaired) electrons. The minimum atomic E-state index is 0.140. The Bertz CT molecular complexity index is 1420. The summed E-state index contributed by atoms with van der Waals surface area (Å²) in [6.45, 7) is 0.353. The molecule has 0 bridgehead atoms. The number of carbonyl (C=O) groups is 1. The predicted octanol–water partition coefficient (Wildman–Crippen LogP) is 4.25. The molecule has 0 saturated carbocycles. The zero-order valence-electron chi connectivity index (χ0n) is 17.6. The van der Waals surface area contributed by atoms with E-state index >= 15 is 0 Å². The lowest BCUT2D eigenvalue weighted by Crippen LogP contribution is -2.20. The number of hydrogen-bond donors (Lipinski definition) is 3. The molecule has 0 saturated heterocycles. The van der Waals surface area contributed by atoms with Gasteiger partial charge >= 0.3 is 0 Å². The molecule has 2 heterocycles. The zero-order valence-corrected chi connectivity index (χ0v) is 17.6. The van der Waals surface area contributed by atoms with Gasteiger partial charge in [-0.25, -0.2) is 9.97 Å². The van der Waals surface area contributed by atoms with Crippen LogP contribution in [0, 0.1) is 0 Å². The molecule has 3 aromatic carbocycles. The summed E-state index contributed by atoms with van der Waals surface area (Å²) in [6, 6.07) is 21.8. The first-order valence-electron chi connectivity index (χ1n) is 10.4. The fraction of sp³-hybridized carbons (Fsp3) is 0.120. The average molecular weight is 422 g/mol. The summed E-state index contributed by atoms with van der Waals surface area (Å²) in [5, 5.41) is 15.4. The Hall–Kier alpha value is -4.10. The summed E-state index contributed by atoms with van der Waals surface area (Å²) in [6.07, 6.45) is 2.17.